The molecule has 0 radical (unpaired) electrons. The van der Waals surface area contributed by atoms with Crippen molar-refractivity contribution in [3.63, 3.8) is 0 Å². The summed E-state index contributed by atoms with van der Waals surface area (Å²) in [7, 11) is 2.81. The van der Waals surface area contributed by atoms with E-state index in [1.54, 1.807) is 7.05 Å². The third-order valence-corrected chi connectivity index (χ3v) is 5.39. The van der Waals surface area contributed by atoms with E-state index in [9.17, 15) is 39.5 Å². The zero-order valence-electron chi connectivity index (χ0n) is 20.3. The average molecular weight is 567 g/mol. The molecule has 4 N–H and O–H groups in total. The smallest absolute Gasteiger partial charge is 0.368 e. The summed E-state index contributed by atoms with van der Waals surface area (Å²) >= 11 is 0. The van der Waals surface area contributed by atoms with Crippen LogP contribution >= 0.6 is 0 Å². The second kappa shape index (κ2) is 10.7. The number of hydrogen-bond acceptors (Lipinski definition) is 4. The van der Waals surface area contributed by atoms with E-state index >= 15 is 0 Å². The van der Waals surface area contributed by atoms with E-state index in [0.717, 1.165) is 28.2 Å². The molecule has 1 heterocycles. The number of guanidine groups is 1. The fraction of sp³-hybridized carbons (Fsp3) is 0.304. The lowest BCUT2D eigenvalue weighted by molar-refractivity contribution is -0.143. The molecule has 0 aliphatic rings. The molecule has 7 nitrogen and oxygen atoms in total. The van der Waals surface area contributed by atoms with Crippen molar-refractivity contribution in [1.82, 2.24) is 19.8 Å². The van der Waals surface area contributed by atoms with Gasteiger partial charge in [-0.1, -0.05) is 6.07 Å². The van der Waals surface area contributed by atoms with Crippen molar-refractivity contribution < 1.29 is 39.5 Å². The second-order valence-corrected chi connectivity index (χ2v) is 8.55. The van der Waals surface area contributed by atoms with Crippen LogP contribution in [0, 0.1) is 0 Å². The number of hydrazone groups is 1. The Balaban J connectivity index is 2.15. The van der Waals surface area contributed by atoms with Crippen molar-refractivity contribution in [2.24, 2.45) is 23.7 Å². The molecule has 3 rings (SSSR count). The Labute approximate surface area is 216 Å². The molecule has 0 aliphatic heterocycles. The van der Waals surface area contributed by atoms with Gasteiger partial charge < -0.3 is 10.6 Å². The molecule has 212 valence electrons. The topological polar surface area (TPSA) is 88.7 Å². The third kappa shape index (κ3) is 7.55. The molecule has 0 atom stereocenters. The van der Waals surface area contributed by atoms with E-state index in [-0.39, 0.29) is 22.9 Å². The average Bonchev–Trinajstić information content (AvgIpc) is 3.22. The molecular formula is C23H22F9N7. The number of benzene rings is 2. The fourth-order valence-corrected chi connectivity index (χ4v) is 3.69. The number of hydrogen-bond donors (Lipinski definition) is 2. The van der Waals surface area contributed by atoms with Crippen LogP contribution in [-0.4, -0.2) is 32.8 Å². The lowest BCUT2D eigenvalue weighted by Gasteiger charge is -2.27. The van der Waals surface area contributed by atoms with Crippen molar-refractivity contribution >= 4 is 5.96 Å². The maximum absolute atomic E-state index is 13.5. The van der Waals surface area contributed by atoms with Crippen LogP contribution in [0.1, 0.15) is 27.8 Å². The van der Waals surface area contributed by atoms with Gasteiger partial charge in [0.25, 0.3) is 0 Å². The summed E-state index contributed by atoms with van der Waals surface area (Å²) in [6.07, 6.45) is -13.4. The van der Waals surface area contributed by atoms with Gasteiger partial charge in [0.1, 0.15) is 0 Å². The third-order valence-electron chi connectivity index (χ3n) is 5.39. The molecule has 0 saturated heterocycles. The van der Waals surface area contributed by atoms with Crippen LogP contribution < -0.4 is 11.6 Å². The van der Waals surface area contributed by atoms with E-state index in [1.807, 2.05) is 0 Å². The molecule has 0 saturated carbocycles. The largest absolute Gasteiger partial charge is 0.416 e. The number of hydrazine groups is 1. The lowest BCUT2D eigenvalue weighted by atomic mass is 10.00. The highest BCUT2D eigenvalue weighted by Crippen LogP contribution is 2.37. The minimum absolute atomic E-state index is 0.0237. The van der Waals surface area contributed by atoms with E-state index in [1.165, 1.54) is 24.0 Å². The minimum atomic E-state index is -5.11. The highest BCUT2D eigenvalue weighted by molar-refractivity contribution is 5.78. The Morgan fingerprint density at radius 2 is 1.41 bits per heavy atom. The first-order valence-corrected chi connectivity index (χ1v) is 10.9. The number of aryl methyl sites for hydroxylation is 1. The summed E-state index contributed by atoms with van der Waals surface area (Å²) in [4.78, 5) is 1.00. The van der Waals surface area contributed by atoms with Crippen molar-refractivity contribution in [3.05, 3.63) is 76.5 Å². The monoisotopic (exact) mass is 567 g/mol. The number of rotatable bonds is 6. The summed E-state index contributed by atoms with van der Waals surface area (Å²) < 4.78 is 122. The number of nitrogens with two attached hydrogens (primary N) is 2. The first kappa shape index (κ1) is 29.6. The molecule has 0 unspecified atom stereocenters. The Morgan fingerprint density at radius 3 is 1.87 bits per heavy atom. The molecule has 1 aromatic heterocycles. The maximum Gasteiger partial charge on any atom is 0.416 e. The Morgan fingerprint density at radius 1 is 0.846 bits per heavy atom. The van der Waals surface area contributed by atoms with Crippen LogP contribution in [0.5, 0.6) is 0 Å². The molecule has 16 heteroatoms. The van der Waals surface area contributed by atoms with Gasteiger partial charge in [-0.05, 0) is 47.5 Å². The summed E-state index contributed by atoms with van der Waals surface area (Å²) in [5, 5.41) is 8.63. The predicted molar refractivity (Wildman–Crippen MR) is 123 cm³/mol. The van der Waals surface area contributed by atoms with Gasteiger partial charge in [0, 0.05) is 38.9 Å². The molecule has 0 amide bonds. The Kier molecular flexibility index (Phi) is 8.10. The molecular weight excluding hydrogens is 545 g/mol. The van der Waals surface area contributed by atoms with Gasteiger partial charge in [0.15, 0.2) is 0 Å². The molecule has 3 aromatic rings. The predicted octanol–water partition coefficient (Wildman–Crippen LogP) is 5.18. The molecule has 0 bridgehead atoms. The molecule has 0 aliphatic carbocycles. The first-order valence-electron chi connectivity index (χ1n) is 10.9. The summed E-state index contributed by atoms with van der Waals surface area (Å²) in [5.74, 6) is 4.99. The van der Waals surface area contributed by atoms with Gasteiger partial charge in [-0.2, -0.15) is 44.6 Å². The van der Waals surface area contributed by atoms with Crippen molar-refractivity contribution in [2.75, 3.05) is 7.05 Å². The van der Waals surface area contributed by atoms with Gasteiger partial charge in [0.2, 0.25) is 5.96 Å². The zero-order valence-corrected chi connectivity index (χ0v) is 20.3. The highest BCUT2D eigenvalue weighted by atomic mass is 19.4. The fourth-order valence-electron chi connectivity index (χ4n) is 3.69. The van der Waals surface area contributed by atoms with Gasteiger partial charge >= 0.3 is 18.5 Å². The number of nitrogens with zero attached hydrogens (tertiary/aromatic N) is 5. The summed E-state index contributed by atoms with van der Waals surface area (Å²) in [6.45, 7) is -1.19. The SMILES string of the molecule is CN(N)/N=C(\N)N(Cc1cc(C(F)(F)F)cc(C(F)(F)F)c1)Cc1cc(C(F)(F)F)ccc1-c1ccn(C)n1. The van der Waals surface area contributed by atoms with Crippen molar-refractivity contribution in [2.45, 2.75) is 31.6 Å². The number of halogens is 9. The lowest BCUT2D eigenvalue weighted by Crippen LogP contribution is -2.39. The normalized spacial score (nSPS) is 13.1. The van der Waals surface area contributed by atoms with Crippen LogP contribution in [0.25, 0.3) is 11.3 Å². The number of aromatic nitrogens is 2. The van der Waals surface area contributed by atoms with Gasteiger partial charge in [-0.15, -0.1) is 5.10 Å². The Hall–Kier alpha value is -3.95. The molecule has 0 spiro atoms. The quantitative estimate of drug-likeness (QED) is 0.141. The molecule has 39 heavy (non-hydrogen) atoms. The van der Waals surface area contributed by atoms with E-state index in [2.05, 4.69) is 10.2 Å². The Bertz CT molecular complexity index is 1310. The van der Waals surface area contributed by atoms with Crippen LogP contribution in [0.15, 0.2) is 53.8 Å². The zero-order chi connectivity index (χ0) is 29.3. The van der Waals surface area contributed by atoms with E-state index in [4.69, 9.17) is 11.6 Å². The van der Waals surface area contributed by atoms with Gasteiger partial charge in [-0.3, -0.25) is 4.68 Å². The minimum Gasteiger partial charge on any atom is -0.368 e. The van der Waals surface area contributed by atoms with Gasteiger partial charge in [0.05, 0.1) is 22.4 Å². The van der Waals surface area contributed by atoms with E-state index < -0.39 is 59.8 Å². The van der Waals surface area contributed by atoms with Crippen LogP contribution in [-0.2, 0) is 38.7 Å². The van der Waals surface area contributed by atoms with Crippen LogP contribution in [0.3, 0.4) is 0 Å². The second-order valence-electron chi connectivity index (χ2n) is 8.55. The summed E-state index contributed by atoms with van der Waals surface area (Å²) in [5.41, 5.74) is 1.78. The van der Waals surface area contributed by atoms with Crippen molar-refractivity contribution in [3.8, 4) is 11.3 Å². The molecule has 0 fully saturated rings. The van der Waals surface area contributed by atoms with Crippen LogP contribution in [0.4, 0.5) is 39.5 Å². The van der Waals surface area contributed by atoms with Gasteiger partial charge in [-0.25, -0.2) is 11.0 Å². The standard InChI is InChI=1S/C23H22F9N7/c1-37-6-5-19(35-37)18-4-3-15(21(24,25)26)9-14(18)12-39(20(33)36-38(2)34)11-13-7-16(22(27,28)29)10-17(8-13)23(30,31)32/h3-10H,11-12,34H2,1-2H3,(H2,33,36). The first-order chi connectivity index (χ1) is 17.8. The van der Waals surface area contributed by atoms with E-state index in [0.29, 0.717) is 12.1 Å². The summed E-state index contributed by atoms with van der Waals surface area (Å²) in [6, 6.07) is 5.25. The maximum atomic E-state index is 13.5. The highest BCUT2D eigenvalue weighted by Gasteiger charge is 2.37. The molecule has 2 aromatic carbocycles. The number of alkyl halides is 9. The van der Waals surface area contributed by atoms with Crippen LogP contribution in [0.2, 0.25) is 0 Å². The van der Waals surface area contributed by atoms with Crippen molar-refractivity contribution in [1.29, 1.82) is 0 Å².